The Morgan fingerprint density at radius 1 is 1.12 bits per heavy atom. The Labute approximate surface area is 187 Å². The molecule has 0 aliphatic heterocycles. The second kappa shape index (κ2) is 8.75. The van der Waals surface area contributed by atoms with Gasteiger partial charge in [-0.05, 0) is 42.5 Å². The lowest BCUT2D eigenvalue weighted by molar-refractivity contribution is -0.137. The Kier molecular flexibility index (Phi) is 6.02. The van der Waals surface area contributed by atoms with E-state index in [1.165, 1.54) is 47.5 Å². The van der Waals surface area contributed by atoms with Crippen LogP contribution in [-0.4, -0.2) is 31.4 Å². The molecule has 2 aromatic heterocycles. The highest BCUT2D eigenvalue weighted by atomic mass is 35.5. The van der Waals surface area contributed by atoms with E-state index in [9.17, 15) is 22.4 Å². The van der Waals surface area contributed by atoms with Gasteiger partial charge in [0, 0.05) is 5.02 Å². The first-order valence-corrected chi connectivity index (χ1v) is 10.3. The average Bonchev–Trinajstić information content (AvgIpc) is 3.18. The number of hydrogen-bond donors (Lipinski definition) is 1. The normalized spacial score (nSPS) is 11.7. The summed E-state index contributed by atoms with van der Waals surface area (Å²) in [7, 11) is 0. The third kappa shape index (κ3) is 4.68. The monoisotopic (exact) mass is 481 g/mol. The van der Waals surface area contributed by atoms with Gasteiger partial charge >= 0.3 is 6.18 Å². The number of thioether (sulfide) groups is 1. The van der Waals surface area contributed by atoms with E-state index in [0.29, 0.717) is 21.7 Å². The fourth-order valence-corrected chi connectivity index (χ4v) is 3.82. The van der Waals surface area contributed by atoms with Crippen LogP contribution in [0, 0.1) is 5.82 Å². The van der Waals surface area contributed by atoms with E-state index in [0.717, 1.165) is 23.9 Å². The van der Waals surface area contributed by atoms with E-state index in [1.807, 2.05) is 0 Å². The number of amides is 1. The SMILES string of the molecule is O=C(CSc1ncnc2c1cnn2-c1ccc(F)cc1)Nc1ccc(Cl)cc1C(F)(F)F. The number of anilines is 1. The number of aromatic nitrogens is 4. The van der Waals surface area contributed by atoms with Crippen LogP contribution in [0.3, 0.4) is 0 Å². The summed E-state index contributed by atoms with van der Waals surface area (Å²) in [4.78, 5) is 20.6. The highest BCUT2D eigenvalue weighted by Gasteiger charge is 2.34. The van der Waals surface area contributed by atoms with Crippen molar-refractivity contribution in [2.45, 2.75) is 11.2 Å². The molecule has 0 bridgehead atoms. The molecule has 4 rings (SSSR count). The zero-order chi connectivity index (χ0) is 22.9. The smallest absolute Gasteiger partial charge is 0.325 e. The Bertz CT molecular complexity index is 1290. The highest BCUT2D eigenvalue weighted by Crippen LogP contribution is 2.36. The van der Waals surface area contributed by atoms with E-state index in [2.05, 4.69) is 20.4 Å². The van der Waals surface area contributed by atoms with Gasteiger partial charge in [-0.15, -0.1) is 0 Å². The van der Waals surface area contributed by atoms with Gasteiger partial charge in [-0.3, -0.25) is 4.79 Å². The fourth-order valence-electron chi connectivity index (χ4n) is 2.89. The fraction of sp³-hybridized carbons (Fsp3) is 0.100. The van der Waals surface area contributed by atoms with Crippen molar-refractivity contribution in [1.29, 1.82) is 0 Å². The minimum Gasteiger partial charge on any atom is -0.325 e. The van der Waals surface area contributed by atoms with Crippen LogP contribution in [0.5, 0.6) is 0 Å². The first kappa shape index (κ1) is 22.0. The van der Waals surface area contributed by atoms with E-state index in [1.54, 1.807) is 0 Å². The van der Waals surface area contributed by atoms with Crippen molar-refractivity contribution in [2.24, 2.45) is 0 Å². The number of rotatable bonds is 5. The maximum absolute atomic E-state index is 13.2. The molecule has 0 unspecified atom stereocenters. The molecule has 0 atom stereocenters. The third-order valence-corrected chi connectivity index (χ3v) is 5.54. The summed E-state index contributed by atoms with van der Waals surface area (Å²) in [5.41, 5.74) is -0.402. The molecule has 2 heterocycles. The molecule has 1 N–H and O–H groups in total. The van der Waals surface area contributed by atoms with Gasteiger partial charge < -0.3 is 5.32 Å². The average molecular weight is 482 g/mol. The van der Waals surface area contributed by atoms with Crippen LogP contribution < -0.4 is 5.32 Å². The molecule has 0 spiro atoms. The van der Waals surface area contributed by atoms with E-state index >= 15 is 0 Å². The first-order chi connectivity index (χ1) is 15.2. The summed E-state index contributed by atoms with van der Waals surface area (Å²) in [5.74, 6) is -1.25. The molecule has 2 aromatic carbocycles. The molecule has 0 aliphatic rings. The van der Waals surface area contributed by atoms with Crippen molar-refractivity contribution in [1.82, 2.24) is 19.7 Å². The number of benzene rings is 2. The number of carbonyl (C=O) groups is 1. The zero-order valence-electron chi connectivity index (χ0n) is 15.9. The van der Waals surface area contributed by atoms with Gasteiger partial charge in [-0.1, -0.05) is 23.4 Å². The largest absolute Gasteiger partial charge is 0.418 e. The van der Waals surface area contributed by atoms with Gasteiger partial charge in [0.2, 0.25) is 5.91 Å². The van der Waals surface area contributed by atoms with Crippen LogP contribution >= 0.6 is 23.4 Å². The standard InChI is InChI=1S/C20H12ClF4N5OS/c21-11-1-6-16(15(7-11)20(23,24)25)29-17(31)9-32-19-14-8-28-30(18(14)26-10-27-19)13-4-2-12(22)3-5-13/h1-8,10H,9H2,(H,29,31). The maximum atomic E-state index is 13.2. The molecule has 12 heteroatoms. The second-order valence-electron chi connectivity index (χ2n) is 6.47. The van der Waals surface area contributed by atoms with Crippen molar-refractivity contribution >= 4 is 46.0 Å². The Hall–Kier alpha value is -3.18. The number of hydrogen-bond acceptors (Lipinski definition) is 5. The maximum Gasteiger partial charge on any atom is 0.418 e. The lowest BCUT2D eigenvalue weighted by Crippen LogP contribution is -2.18. The molecule has 0 radical (unpaired) electrons. The Balaban J connectivity index is 1.52. The van der Waals surface area contributed by atoms with E-state index in [-0.39, 0.29) is 16.5 Å². The number of halogens is 5. The quantitative estimate of drug-likeness (QED) is 0.236. The second-order valence-corrected chi connectivity index (χ2v) is 7.87. The molecular formula is C20H12ClF4N5OS. The van der Waals surface area contributed by atoms with Gasteiger partial charge in [-0.25, -0.2) is 19.0 Å². The van der Waals surface area contributed by atoms with Gasteiger partial charge in [0.1, 0.15) is 17.2 Å². The molecule has 164 valence electrons. The predicted octanol–water partition coefficient (Wildman–Crippen LogP) is 5.36. The molecular weight excluding hydrogens is 470 g/mol. The van der Waals surface area contributed by atoms with Crippen LogP contribution in [-0.2, 0) is 11.0 Å². The van der Waals surface area contributed by atoms with Crippen molar-refractivity contribution in [3.63, 3.8) is 0 Å². The van der Waals surface area contributed by atoms with Gasteiger partial charge in [-0.2, -0.15) is 18.3 Å². The van der Waals surface area contributed by atoms with E-state index in [4.69, 9.17) is 11.6 Å². The van der Waals surface area contributed by atoms with Crippen molar-refractivity contribution in [3.8, 4) is 5.69 Å². The van der Waals surface area contributed by atoms with Gasteiger partial charge in [0.05, 0.1) is 34.3 Å². The van der Waals surface area contributed by atoms with Crippen molar-refractivity contribution in [2.75, 3.05) is 11.1 Å². The topological polar surface area (TPSA) is 72.7 Å². The van der Waals surface area contributed by atoms with Crippen molar-refractivity contribution in [3.05, 3.63) is 71.4 Å². The van der Waals surface area contributed by atoms with Gasteiger partial charge in [0.25, 0.3) is 0 Å². The van der Waals surface area contributed by atoms with E-state index < -0.39 is 23.5 Å². The summed E-state index contributed by atoms with van der Waals surface area (Å²) in [6, 6.07) is 8.76. The van der Waals surface area contributed by atoms with Gasteiger partial charge in [0.15, 0.2) is 5.65 Å². The Morgan fingerprint density at radius 3 is 2.59 bits per heavy atom. The van der Waals surface area contributed by atoms with Crippen LogP contribution in [0.2, 0.25) is 5.02 Å². The lowest BCUT2D eigenvalue weighted by Gasteiger charge is -2.14. The Morgan fingerprint density at radius 2 is 1.88 bits per heavy atom. The molecule has 0 saturated heterocycles. The highest BCUT2D eigenvalue weighted by molar-refractivity contribution is 8.00. The molecule has 32 heavy (non-hydrogen) atoms. The number of carbonyl (C=O) groups excluding carboxylic acids is 1. The molecule has 6 nitrogen and oxygen atoms in total. The number of nitrogens with zero attached hydrogens (tertiary/aromatic N) is 4. The summed E-state index contributed by atoms with van der Waals surface area (Å²) in [5, 5.41) is 7.37. The minimum atomic E-state index is -4.67. The predicted molar refractivity (Wildman–Crippen MR) is 112 cm³/mol. The molecule has 1 amide bonds. The van der Waals surface area contributed by atoms with Crippen LogP contribution in [0.4, 0.5) is 23.2 Å². The number of nitrogens with one attached hydrogen (secondary N) is 1. The number of alkyl halides is 3. The lowest BCUT2D eigenvalue weighted by atomic mass is 10.1. The van der Waals surface area contributed by atoms with Crippen LogP contribution in [0.1, 0.15) is 5.56 Å². The zero-order valence-corrected chi connectivity index (χ0v) is 17.5. The molecule has 4 aromatic rings. The summed E-state index contributed by atoms with van der Waals surface area (Å²) >= 11 is 6.67. The molecule has 0 fully saturated rings. The number of fused-ring (bicyclic) bond motifs is 1. The van der Waals surface area contributed by atoms with Crippen molar-refractivity contribution < 1.29 is 22.4 Å². The first-order valence-electron chi connectivity index (χ1n) is 8.96. The summed E-state index contributed by atoms with van der Waals surface area (Å²) in [6.07, 6.45) is -1.89. The summed E-state index contributed by atoms with van der Waals surface area (Å²) < 4.78 is 54.3. The molecule has 0 aliphatic carbocycles. The summed E-state index contributed by atoms with van der Waals surface area (Å²) in [6.45, 7) is 0. The minimum absolute atomic E-state index is 0.0914. The molecule has 0 saturated carbocycles. The third-order valence-electron chi connectivity index (χ3n) is 4.30. The van der Waals surface area contributed by atoms with Crippen LogP contribution in [0.25, 0.3) is 16.7 Å². The van der Waals surface area contributed by atoms with Crippen LogP contribution in [0.15, 0.2) is 60.0 Å².